The van der Waals surface area contributed by atoms with Crippen LogP contribution in [-0.2, 0) is 4.79 Å². The monoisotopic (exact) mass is 506 g/mol. The smallest absolute Gasteiger partial charge is 0.272 e. The highest BCUT2D eigenvalue weighted by molar-refractivity contribution is 7.81. The number of anilines is 2. The van der Waals surface area contributed by atoms with Crippen LogP contribution in [-0.4, -0.2) is 58.5 Å². The second kappa shape index (κ2) is 9.22. The van der Waals surface area contributed by atoms with Crippen molar-refractivity contribution in [1.29, 1.82) is 0 Å². The molecule has 10 heteroatoms. The van der Waals surface area contributed by atoms with Gasteiger partial charge in [0.05, 0.1) is 11.3 Å². The summed E-state index contributed by atoms with van der Waals surface area (Å²) in [5.74, 6) is -1.00. The number of piperidine rings is 1. The van der Waals surface area contributed by atoms with Gasteiger partial charge in [0, 0.05) is 11.7 Å². The van der Waals surface area contributed by atoms with Gasteiger partial charge in [0.1, 0.15) is 17.6 Å². The predicted octanol–water partition coefficient (Wildman–Crippen LogP) is 3.96. The third-order valence-electron chi connectivity index (χ3n) is 7.50. The van der Waals surface area contributed by atoms with E-state index in [0.717, 1.165) is 32.4 Å². The van der Waals surface area contributed by atoms with Gasteiger partial charge in [-0.1, -0.05) is 6.57 Å². The normalized spacial score (nSPS) is 19.9. The first kappa shape index (κ1) is 24.3. The van der Waals surface area contributed by atoms with Crippen LogP contribution >= 0.6 is 12.2 Å². The largest absolute Gasteiger partial charge is 0.360 e. The van der Waals surface area contributed by atoms with Gasteiger partial charge < -0.3 is 20.0 Å². The molecule has 3 aliphatic rings. The van der Waals surface area contributed by atoms with Gasteiger partial charge in [-0.15, -0.1) is 4.98 Å². The zero-order chi connectivity index (χ0) is 25.6. The van der Waals surface area contributed by atoms with Crippen molar-refractivity contribution in [2.45, 2.75) is 50.6 Å². The molecule has 2 saturated heterocycles. The van der Waals surface area contributed by atoms with Crippen LogP contribution in [0.3, 0.4) is 0 Å². The molecule has 0 atom stereocenters. The number of aromatic nitrogens is 1. The van der Waals surface area contributed by atoms with Crippen molar-refractivity contribution in [3.05, 3.63) is 58.8 Å². The SMILES string of the molecule is [C-]#[N+]c1ncc(N2C(=O)C3(CCC3)N(c3ccc(C(=O)NC4CCN(C)CC4)c(F)c3)C2=S)cc1C. The van der Waals surface area contributed by atoms with Gasteiger partial charge in [-0.05, 0) is 101 Å². The molecule has 2 amide bonds. The number of carbonyl (C=O) groups excluding carboxylic acids is 2. The molecule has 1 aromatic carbocycles. The molecule has 1 N–H and O–H groups in total. The van der Waals surface area contributed by atoms with Gasteiger partial charge in [0.15, 0.2) is 5.11 Å². The maximum atomic E-state index is 15.2. The fourth-order valence-electron chi connectivity index (χ4n) is 5.24. The topological polar surface area (TPSA) is 73.1 Å². The lowest BCUT2D eigenvalue weighted by molar-refractivity contribution is -0.123. The molecule has 36 heavy (non-hydrogen) atoms. The van der Waals surface area contributed by atoms with Crippen LogP contribution in [0, 0.1) is 19.3 Å². The molecule has 2 aliphatic heterocycles. The molecule has 1 saturated carbocycles. The molecular formula is C26H27FN6O2S. The van der Waals surface area contributed by atoms with Crippen LogP contribution in [0.1, 0.15) is 48.0 Å². The van der Waals surface area contributed by atoms with E-state index in [1.54, 1.807) is 24.0 Å². The molecule has 2 aromatic rings. The molecule has 3 heterocycles. The Kier molecular flexibility index (Phi) is 6.22. The Morgan fingerprint density at radius 3 is 2.56 bits per heavy atom. The van der Waals surface area contributed by atoms with Crippen molar-refractivity contribution in [3.63, 3.8) is 0 Å². The minimum atomic E-state index is -0.881. The highest BCUT2D eigenvalue weighted by Gasteiger charge is 2.59. The molecule has 1 spiro atoms. The number of aryl methyl sites for hydroxylation is 1. The number of amides is 2. The van der Waals surface area contributed by atoms with Gasteiger partial charge in [0.2, 0.25) is 0 Å². The van der Waals surface area contributed by atoms with Crippen molar-refractivity contribution >= 4 is 46.3 Å². The summed E-state index contributed by atoms with van der Waals surface area (Å²) in [6.07, 6.45) is 5.17. The molecule has 5 rings (SSSR count). The third-order valence-corrected chi connectivity index (χ3v) is 7.87. The lowest BCUT2D eigenvalue weighted by Gasteiger charge is -2.43. The first-order valence-corrected chi connectivity index (χ1v) is 12.5. The van der Waals surface area contributed by atoms with E-state index in [2.05, 4.69) is 20.0 Å². The van der Waals surface area contributed by atoms with Gasteiger partial charge in [-0.3, -0.25) is 14.5 Å². The van der Waals surface area contributed by atoms with E-state index >= 15 is 4.39 Å². The lowest BCUT2D eigenvalue weighted by Crippen LogP contribution is -2.55. The number of nitrogens with zero attached hydrogens (tertiary/aromatic N) is 5. The maximum Gasteiger partial charge on any atom is 0.272 e. The van der Waals surface area contributed by atoms with E-state index in [1.165, 1.54) is 23.2 Å². The molecule has 0 radical (unpaired) electrons. The number of pyridine rings is 1. The minimum absolute atomic E-state index is 0.0228. The summed E-state index contributed by atoms with van der Waals surface area (Å²) in [6.45, 7) is 10.8. The summed E-state index contributed by atoms with van der Waals surface area (Å²) >= 11 is 5.74. The number of thiocarbonyl (C=S) groups is 1. The number of benzene rings is 1. The van der Waals surface area contributed by atoms with Crippen LogP contribution in [0.25, 0.3) is 4.85 Å². The van der Waals surface area contributed by atoms with E-state index in [9.17, 15) is 9.59 Å². The van der Waals surface area contributed by atoms with Crippen LogP contribution in [0.4, 0.5) is 21.6 Å². The number of rotatable bonds is 4. The average molecular weight is 507 g/mol. The number of carbonyl (C=O) groups is 2. The molecule has 1 aliphatic carbocycles. The maximum absolute atomic E-state index is 15.2. The number of halogens is 1. The third kappa shape index (κ3) is 3.92. The van der Waals surface area contributed by atoms with Crippen molar-refractivity contribution in [1.82, 2.24) is 15.2 Å². The Morgan fingerprint density at radius 2 is 1.97 bits per heavy atom. The summed E-state index contributed by atoms with van der Waals surface area (Å²) in [7, 11) is 2.04. The van der Waals surface area contributed by atoms with Crippen LogP contribution in [0.5, 0.6) is 0 Å². The van der Waals surface area contributed by atoms with Gasteiger partial charge in [0.25, 0.3) is 17.6 Å². The minimum Gasteiger partial charge on any atom is -0.360 e. The fourth-order valence-corrected chi connectivity index (χ4v) is 5.71. The van der Waals surface area contributed by atoms with E-state index < -0.39 is 17.3 Å². The Morgan fingerprint density at radius 1 is 1.25 bits per heavy atom. The zero-order valence-electron chi connectivity index (χ0n) is 20.3. The highest BCUT2D eigenvalue weighted by atomic mass is 32.1. The fraction of sp³-hybridized carbons (Fsp3) is 0.423. The first-order chi connectivity index (χ1) is 17.2. The van der Waals surface area contributed by atoms with E-state index in [4.69, 9.17) is 18.8 Å². The second-order valence-corrected chi connectivity index (χ2v) is 10.2. The van der Waals surface area contributed by atoms with Crippen molar-refractivity contribution < 1.29 is 14.0 Å². The molecule has 1 aromatic heterocycles. The average Bonchev–Trinajstić information content (AvgIpc) is 3.07. The molecule has 8 nitrogen and oxygen atoms in total. The van der Waals surface area contributed by atoms with Crippen LogP contribution in [0.2, 0.25) is 0 Å². The van der Waals surface area contributed by atoms with E-state index in [-0.39, 0.29) is 28.4 Å². The summed E-state index contributed by atoms with van der Waals surface area (Å²) < 4.78 is 15.2. The summed E-state index contributed by atoms with van der Waals surface area (Å²) in [6, 6.07) is 6.15. The number of hydrogen-bond acceptors (Lipinski definition) is 5. The molecule has 186 valence electrons. The molecule has 0 bridgehead atoms. The van der Waals surface area contributed by atoms with Gasteiger partial charge in [-0.25, -0.2) is 4.39 Å². The Bertz CT molecular complexity index is 1300. The predicted molar refractivity (Wildman–Crippen MR) is 139 cm³/mol. The zero-order valence-corrected chi connectivity index (χ0v) is 21.1. The number of hydrogen-bond donors (Lipinski definition) is 1. The Hall–Kier alpha value is -3.42. The van der Waals surface area contributed by atoms with Crippen molar-refractivity contribution in [2.75, 3.05) is 29.9 Å². The number of likely N-dealkylation sites (tertiary alicyclic amines) is 1. The second-order valence-electron chi connectivity index (χ2n) is 9.80. The summed E-state index contributed by atoms with van der Waals surface area (Å²) in [4.78, 5) is 39.3. The van der Waals surface area contributed by atoms with Gasteiger partial charge in [-0.2, -0.15) is 0 Å². The molecular weight excluding hydrogens is 479 g/mol. The standard InChI is InChI=1S/C26H27FN6O2S/c1-16-13-19(15-29-22(16)28-2)32-24(35)26(9-4-10-26)33(25(32)36)18-5-6-20(21(27)14-18)23(34)30-17-7-11-31(3)12-8-17/h5-6,13-15,17H,4,7-12H2,1,3H3,(H,30,34). The first-order valence-electron chi connectivity index (χ1n) is 12.1. The highest BCUT2D eigenvalue weighted by Crippen LogP contribution is 2.48. The lowest BCUT2D eigenvalue weighted by atomic mass is 9.75. The summed E-state index contributed by atoms with van der Waals surface area (Å²) in [5.41, 5.74) is 0.659. The quantitative estimate of drug-likeness (QED) is 0.500. The van der Waals surface area contributed by atoms with E-state index in [0.29, 0.717) is 29.8 Å². The van der Waals surface area contributed by atoms with Crippen LogP contribution in [0.15, 0.2) is 30.5 Å². The molecule has 3 fully saturated rings. The number of nitrogens with one attached hydrogen (secondary N) is 1. The van der Waals surface area contributed by atoms with Crippen molar-refractivity contribution in [2.24, 2.45) is 0 Å². The Balaban J connectivity index is 1.42. The Labute approximate surface area is 214 Å². The van der Waals surface area contributed by atoms with Crippen molar-refractivity contribution in [3.8, 4) is 0 Å². The molecule has 0 unspecified atom stereocenters. The van der Waals surface area contributed by atoms with Crippen LogP contribution < -0.4 is 15.1 Å². The van der Waals surface area contributed by atoms with E-state index in [1.807, 2.05) is 7.05 Å². The van der Waals surface area contributed by atoms with Gasteiger partial charge >= 0.3 is 0 Å². The summed E-state index contributed by atoms with van der Waals surface area (Å²) in [5, 5.41) is 3.18.